The summed E-state index contributed by atoms with van der Waals surface area (Å²) in [6, 6.07) is 7.42. The average molecular weight is 216 g/mol. The van der Waals surface area contributed by atoms with E-state index in [4.69, 9.17) is 0 Å². The van der Waals surface area contributed by atoms with Gasteiger partial charge in [0.1, 0.15) is 11.5 Å². The number of fused-ring (bicyclic) bond motifs is 2. The summed E-state index contributed by atoms with van der Waals surface area (Å²) < 4.78 is 0. The molecule has 0 unspecified atom stereocenters. The van der Waals surface area contributed by atoms with E-state index >= 15 is 0 Å². The number of aromatic nitrogens is 2. The van der Waals surface area contributed by atoms with Gasteiger partial charge in [-0.25, -0.2) is 4.79 Å². The Balaban J connectivity index is 2.23. The first-order valence-electron chi connectivity index (χ1n) is 4.74. The van der Waals surface area contributed by atoms with Gasteiger partial charge in [-0.15, -0.1) is 0 Å². The second kappa shape index (κ2) is 2.99. The Labute approximate surface area is 89.3 Å². The molecule has 0 bridgehead atoms. The van der Waals surface area contributed by atoms with Crippen LogP contribution < -0.4 is 21.9 Å². The molecule has 3 rings (SSSR count). The molecule has 1 aromatic heterocycles. The number of hydrogen-bond acceptors (Lipinski definition) is 4. The summed E-state index contributed by atoms with van der Waals surface area (Å²) in [5.74, 6) is 0.382. The fourth-order valence-electron chi connectivity index (χ4n) is 1.67. The van der Waals surface area contributed by atoms with Gasteiger partial charge in [-0.2, -0.15) is 0 Å². The number of rotatable bonds is 0. The molecule has 2 heterocycles. The van der Waals surface area contributed by atoms with Crippen molar-refractivity contribution in [1.82, 2.24) is 9.97 Å². The highest BCUT2D eigenvalue weighted by Crippen LogP contribution is 2.33. The number of H-pyrrole nitrogens is 2. The molecule has 0 saturated carbocycles. The minimum absolute atomic E-state index is 0.318. The summed E-state index contributed by atoms with van der Waals surface area (Å²) in [6.45, 7) is 0. The number of aromatic amines is 2. The molecular weight excluding hydrogens is 208 g/mol. The van der Waals surface area contributed by atoms with Crippen LogP contribution in [0.5, 0.6) is 0 Å². The predicted octanol–water partition coefficient (Wildman–Crippen LogP) is 0.864. The minimum atomic E-state index is -0.530. The predicted molar refractivity (Wildman–Crippen MR) is 60.7 cm³/mol. The zero-order valence-corrected chi connectivity index (χ0v) is 8.13. The smallest absolute Gasteiger partial charge is 0.327 e. The topological polar surface area (TPSA) is 89.8 Å². The van der Waals surface area contributed by atoms with Gasteiger partial charge in [0.05, 0.1) is 11.4 Å². The lowest BCUT2D eigenvalue weighted by molar-refractivity contribution is 1.04. The highest BCUT2D eigenvalue weighted by Gasteiger charge is 2.17. The molecule has 0 atom stereocenters. The third-order valence-corrected chi connectivity index (χ3v) is 2.39. The van der Waals surface area contributed by atoms with E-state index in [0.717, 1.165) is 11.4 Å². The fourth-order valence-corrected chi connectivity index (χ4v) is 1.67. The lowest BCUT2D eigenvalue weighted by Crippen LogP contribution is -2.27. The fraction of sp³-hybridized carbons (Fsp3) is 0. The first-order valence-corrected chi connectivity index (χ1v) is 4.74. The maximum atomic E-state index is 11.5. The van der Waals surface area contributed by atoms with Crippen LogP contribution in [-0.2, 0) is 0 Å². The summed E-state index contributed by atoms with van der Waals surface area (Å²) in [6.07, 6.45) is 0. The van der Waals surface area contributed by atoms with Crippen LogP contribution in [0.4, 0.5) is 22.9 Å². The van der Waals surface area contributed by atoms with Crippen LogP contribution in [0.1, 0.15) is 0 Å². The van der Waals surface area contributed by atoms with Gasteiger partial charge in [-0.3, -0.25) is 14.8 Å². The number of nitrogens with one attached hydrogen (secondary N) is 4. The number of para-hydroxylation sites is 2. The summed E-state index contributed by atoms with van der Waals surface area (Å²) in [4.78, 5) is 27.3. The molecule has 6 heteroatoms. The van der Waals surface area contributed by atoms with Crippen molar-refractivity contribution in [2.45, 2.75) is 0 Å². The Morgan fingerprint density at radius 3 is 2.31 bits per heavy atom. The Kier molecular flexibility index (Phi) is 1.64. The molecule has 1 aliphatic heterocycles. The van der Waals surface area contributed by atoms with E-state index in [1.54, 1.807) is 0 Å². The molecule has 80 valence electrons. The van der Waals surface area contributed by atoms with Gasteiger partial charge in [0.2, 0.25) is 0 Å². The van der Waals surface area contributed by atoms with Gasteiger partial charge in [0.25, 0.3) is 5.56 Å². The molecule has 0 amide bonds. The van der Waals surface area contributed by atoms with Crippen LogP contribution in [0.15, 0.2) is 33.9 Å². The Morgan fingerprint density at radius 1 is 0.875 bits per heavy atom. The van der Waals surface area contributed by atoms with Crippen LogP contribution in [-0.4, -0.2) is 9.97 Å². The first kappa shape index (κ1) is 8.78. The highest BCUT2D eigenvalue weighted by molar-refractivity contribution is 5.87. The summed E-state index contributed by atoms with van der Waals surface area (Å²) in [5, 5.41) is 5.94. The van der Waals surface area contributed by atoms with Crippen LogP contribution in [0.2, 0.25) is 0 Å². The van der Waals surface area contributed by atoms with E-state index < -0.39 is 11.2 Å². The van der Waals surface area contributed by atoms with Crippen molar-refractivity contribution in [3.63, 3.8) is 0 Å². The van der Waals surface area contributed by atoms with Crippen LogP contribution in [0.3, 0.4) is 0 Å². The quantitative estimate of drug-likeness (QED) is 0.448. The van der Waals surface area contributed by atoms with Crippen molar-refractivity contribution in [3.05, 3.63) is 45.1 Å². The zero-order chi connectivity index (χ0) is 11.1. The maximum Gasteiger partial charge on any atom is 0.327 e. The molecular formula is C10H8N4O2. The zero-order valence-electron chi connectivity index (χ0n) is 8.13. The number of anilines is 4. The maximum absolute atomic E-state index is 11.5. The number of benzene rings is 1. The van der Waals surface area contributed by atoms with Crippen LogP contribution >= 0.6 is 0 Å². The van der Waals surface area contributed by atoms with Gasteiger partial charge >= 0.3 is 5.69 Å². The Morgan fingerprint density at radius 2 is 1.56 bits per heavy atom. The molecule has 1 aromatic carbocycles. The van der Waals surface area contributed by atoms with E-state index in [1.807, 2.05) is 24.3 Å². The van der Waals surface area contributed by atoms with Crippen molar-refractivity contribution in [1.29, 1.82) is 0 Å². The molecule has 1 aliphatic rings. The van der Waals surface area contributed by atoms with Gasteiger partial charge in [0.15, 0.2) is 0 Å². The molecule has 2 aromatic rings. The van der Waals surface area contributed by atoms with E-state index in [-0.39, 0.29) is 0 Å². The molecule has 16 heavy (non-hydrogen) atoms. The molecule has 4 N–H and O–H groups in total. The lowest BCUT2D eigenvalue weighted by atomic mass is 10.2. The van der Waals surface area contributed by atoms with E-state index in [9.17, 15) is 9.59 Å². The Hall–Kier alpha value is -2.50. The van der Waals surface area contributed by atoms with Crippen molar-refractivity contribution in [2.24, 2.45) is 0 Å². The van der Waals surface area contributed by atoms with Gasteiger partial charge < -0.3 is 10.6 Å². The highest BCUT2D eigenvalue weighted by atomic mass is 16.2. The second-order valence-electron chi connectivity index (χ2n) is 3.45. The molecule has 0 saturated heterocycles. The normalized spacial score (nSPS) is 12.0. The molecule has 0 radical (unpaired) electrons. The van der Waals surface area contributed by atoms with Crippen LogP contribution in [0.25, 0.3) is 0 Å². The van der Waals surface area contributed by atoms with Crippen LogP contribution in [0, 0.1) is 0 Å². The van der Waals surface area contributed by atoms with Gasteiger partial charge in [-0.1, -0.05) is 12.1 Å². The summed E-state index contributed by atoms with van der Waals surface area (Å²) in [5.41, 5.74) is 0.959. The molecule has 0 fully saturated rings. The largest absolute Gasteiger partial charge is 0.346 e. The van der Waals surface area contributed by atoms with Gasteiger partial charge in [0, 0.05) is 0 Å². The molecule has 0 aliphatic carbocycles. The van der Waals surface area contributed by atoms with Crippen molar-refractivity contribution in [3.8, 4) is 0 Å². The van der Waals surface area contributed by atoms with Crippen molar-refractivity contribution in [2.75, 3.05) is 10.6 Å². The minimum Gasteiger partial charge on any atom is -0.346 e. The standard InChI is InChI=1S/C10H8N4O2/c15-9-7-8(13-10(16)14-9)12-6-4-2-1-3-5(6)11-7/h1-4,11H,(H3,12,13,14,15,16). The average Bonchev–Trinajstić information content (AvgIpc) is 2.27. The lowest BCUT2D eigenvalue weighted by Gasteiger charge is -2.20. The SMILES string of the molecule is O=c1[nH]c2c(c(=O)[nH]1)Nc1ccccc1N2. The van der Waals surface area contributed by atoms with Gasteiger partial charge in [-0.05, 0) is 12.1 Å². The van der Waals surface area contributed by atoms with E-state index in [0.29, 0.717) is 11.5 Å². The van der Waals surface area contributed by atoms with E-state index in [1.165, 1.54) is 0 Å². The summed E-state index contributed by atoms with van der Waals surface area (Å²) in [7, 11) is 0. The van der Waals surface area contributed by atoms with Crippen molar-refractivity contribution >= 4 is 22.9 Å². The summed E-state index contributed by atoms with van der Waals surface area (Å²) >= 11 is 0. The molecule has 0 spiro atoms. The molecule has 6 nitrogen and oxygen atoms in total. The van der Waals surface area contributed by atoms with Crippen molar-refractivity contribution < 1.29 is 0 Å². The van der Waals surface area contributed by atoms with E-state index in [2.05, 4.69) is 20.6 Å². The third-order valence-electron chi connectivity index (χ3n) is 2.39. The monoisotopic (exact) mass is 216 g/mol. The second-order valence-corrected chi connectivity index (χ2v) is 3.45. The number of hydrogen-bond donors (Lipinski definition) is 4. The first-order chi connectivity index (χ1) is 7.74. The Bertz CT molecular complexity index is 671. The third kappa shape index (κ3) is 1.20.